The highest BCUT2D eigenvalue weighted by Gasteiger charge is 2.12. The first kappa shape index (κ1) is 13.1. The Morgan fingerprint density at radius 2 is 2.05 bits per heavy atom. The molecule has 1 aliphatic rings. The number of carbonyl (C=O) groups excluding carboxylic acids is 1. The number of anilines is 1. The van der Waals surface area contributed by atoms with Gasteiger partial charge in [-0.05, 0) is 50.2 Å². The van der Waals surface area contributed by atoms with Gasteiger partial charge in [0.25, 0.3) is 0 Å². The molecule has 20 heavy (non-hydrogen) atoms. The van der Waals surface area contributed by atoms with E-state index in [0.29, 0.717) is 0 Å². The Morgan fingerprint density at radius 3 is 2.80 bits per heavy atom. The molecule has 1 N–H and O–H groups in total. The molecule has 1 saturated heterocycles. The number of likely N-dealkylation sites (tertiary alicyclic amines) is 1. The van der Waals surface area contributed by atoms with E-state index in [2.05, 4.69) is 22.3 Å². The topological polar surface area (TPSA) is 45.2 Å². The van der Waals surface area contributed by atoms with Gasteiger partial charge in [0.2, 0.25) is 5.91 Å². The molecule has 0 radical (unpaired) electrons. The maximum absolute atomic E-state index is 11.1. The van der Waals surface area contributed by atoms with Gasteiger partial charge in [-0.15, -0.1) is 0 Å². The van der Waals surface area contributed by atoms with Gasteiger partial charge in [0.1, 0.15) is 0 Å². The molecule has 2 aromatic rings. The van der Waals surface area contributed by atoms with E-state index >= 15 is 0 Å². The second-order valence-electron chi connectivity index (χ2n) is 5.37. The first-order chi connectivity index (χ1) is 9.70. The summed E-state index contributed by atoms with van der Waals surface area (Å²) >= 11 is 0. The summed E-state index contributed by atoms with van der Waals surface area (Å²) in [7, 11) is 0. The third-order valence-electron chi connectivity index (χ3n) is 3.65. The van der Waals surface area contributed by atoms with E-state index in [4.69, 9.17) is 4.98 Å². The number of nitrogens with zero attached hydrogens (tertiary/aromatic N) is 2. The summed E-state index contributed by atoms with van der Waals surface area (Å²) in [6, 6.07) is 9.99. The van der Waals surface area contributed by atoms with E-state index in [9.17, 15) is 4.79 Å². The lowest BCUT2D eigenvalue weighted by Gasteiger charge is -2.14. The summed E-state index contributed by atoms with van der Waals surface area (Å²) in [6.07, 6.45) is 2.60. The minimum absolute atomic E-state index is 0.0528. The standard InChI is InChI=1S/C16H19N3O/c1-12(20)17-14-6-7-16-13(10-14)4-5-15(18-16)11-19-8-2-3-9-19/h4-7,10H,2-3,8-9,11H2,1H3,(H,17,20). The molecule has 0 aliphatic carbocycles. The van der Waals surface area contributed by atoms with Crippen LogP contribution in [0.15, 0.2) is 30.3 Å². The van der Waals surface area contributed by atoms with Crippen LogP contribution in [0.1, 0.15) is 25.5 Å². The van der Waals surface area contributed by atoms with Crippen LogP contribution in [0, 0.1) is 0 Å². The third kappa shape index (κ3) is 2.96. The molecule has 2 heterocycles. The van der Waals surface area contributed by atoms with Crippen molar-refractivity contribution in [2.75, 3.05) is 18.4 Å². The number of hydrogen-bond donors (Lipinski definition) is 1. The Kier molecular flexibility index (Phi) is 3.65. The van der Waals surface area contributed by atoms with Crippen molar-refractivity contribution < 1.29 is 4.79 Å². The van der Waals surface area contributed by atoms with E-state index in [-0.39, 0.29) is 5.91 Å². The number of benzene rings is 1. The minimum Gasteiger partial charge on any atom is -0.326 e. The predicted octanol–water partition coefficient (Wildman–Crippen LogP) is 2.79. The van der Waals surface area contributed by atoms with Crippen molar-refractivity contribution in [1.82, 2.24) is 9.88 Å². The number of carbonyl (C=O) groups is 1. The first-order valence-corrected chi connectivity index (χ1v) is 7.10. The van der Waals surface area contributed by atoms with Crippen LogP contribution >= 0.6 is 0 Å². The number of aromatic nitrogens is 1. The molecule has 0 spiro atoms. The van der Waals surface area contributed by atoms with Crippen LogP contribution in [0.4, 0.5) is 5.69 Å². The van der Waals surface area contributed by atoms with E-state index in [1.807, 2.05) is 18.2 Å². The lowest BCUT2D eigenvalue weighted by Crippen LogP contribution is -2.19. The summed E-state index contributed by atoms with van der Waals surface area (Å²) in [5.41, 5.74) is 2.92. The minimum atomic E-state index is -0.0528. The maximum Gasteiger partial charge on any atom is 0.221 e. The highest BCUT2D eigenvalue weighted by Crippen LogP contribution is 2.19. The van der Waals surface area contributed by atoms with Gasteiger partial charge < -0.3 is 5.32 Å². The molecule has 0 unspecified atom stereocenters. The van der Waals surface area contributed by atoms with Gasteiger partial charge >= 0.3 is 0 Å². The molecule has 1 aromatic carbocycles. The molecule has 1 aliphatic heterocycles. The zero-order valence-corrected chi connectivity index (χ0v) is 11.7. The number of rotatable bonds is 3. The van der Waals surface area contributed by atoms with Crippen molar-refractivity contribution >= 4 is 22.5 Å². The van der Waals surface area contributed by atoms with Crippen LogP contribution in [-0.2, 0) is 11.3 Å². The molecule has 0 bridgehead atoms. The van der Waals surface area contributed by atoms with Crippen LogP contribution in [0.25, 0.3) is 10.9 Å². The molecular formula is C16H19N3O. The second kappa shape index (κ2) is 5.59. The Labute approximate surface area is 118 Å². The van der Waals surface area contributed by atoms with Crippen LogP contribution in [0.5, 0.6) is 0 Å². The largest absolute Gasteiger partial charge is 0.326 e. The smallest absolute Gasteiger partial charge is 0.221 e. The van der Waals surface area contributed by atoms with Crippen molar-refractivity contribution in [2.45, 2.75) is 26.3 Å². The monoisotopic (exact) mass is 269 g/mol. The highest BCUT2D eigenvalue weighted by molar-refractivity contribution is 5.92. The fourth-order valence-electron chi connectivity index (χ4n) is 2.71. The lowest BCUT2D eigenvalue weighted by molar-refractivity contribution is -0.114. The molecule has 104 valence electrons. The fourth-order valence-corrected chi connectivity index (χ4v) is 2.71. The summed E-state index contributed by atoms with van der Waals surface area (Å²) in [4.78, 5) is 18.2. The van der Waals surface area contributed by atoms with Crippen molar-refractivity contribution in [2.24, 2.45) is 0 Å². The van der Waals surface area contributed by atoms with Crippen molar-refractivity contribution in [1.29, 1.82) is 0 Å². The summed E-state index contributed by atoms with van der Waals surface area (Å²) < 4.78 is 0. The van der Waals surface area contributed by atoms with Crippen molar-refractivity contribution in [3.8, 4) is 0 Å². The number of fused-ring (bicyclic) bond motifs is 1. The van der Waals surface area contributed by atoms with Crippen LogP contribution in [0.3, 0.4) is 0 Å². The van der Waals surface area contributed by atoms with Gasteiger partial charge in [-0.3, -0.25) is 14.7 Å². The van der Waals surface area contributed by atoms with E-state index in [0.717, 1.165) is 28.8 Å². The molecule has 4 nitrogen and oxygen atoms in total. The average molecular weight is 269 g/mol. The summed E-state index contributed by atoms with van der Waals surface area (Å²) in [5, 5.41) is 3.85. The molecule has 1 fully saturated rings. The number of nitrogens with one attached hydrogen (secondary N) is 1. The third-order valence-corrected chi connectivity index (χ3v) is 3.65. The van der Waals surface area contributed by atoms with Gasteiger partial charge in [0, 0.05) is 24.5 Å². The van der Waals surface area contributed by atoms with Crippen LogP contribution in [-0.4, -0.2) is 28.9 Å². The molecule has 4 heteroatoms. The first-order valence-electron chi connectivity index (χ1n) is 7.10. The zero-order chi connectivity index (χ0) is 13.9. The summed E-state index contributed by atoms with van der Waals surface area (Å²) in [5.74, 6) is -0.0528. The van der Waals surface area contributed by atoms with Crippen LogP contribution < -0.4 is 5.32 Å². The average Bonchev–Trinajstić information content (AvgIpc) is 2.91. The van der Waals surface area contributed by atoms with E-state index < -0.39 is 0 Å². The Morgan fingerprint density at radius 1 is 1.25 bits per heavy atom. The molecule has 1 amide bonds. The number of pyridine rings is 1. The van der Waals surface area contributed by atoms with Gasteiger partial charge in [0.15, 0.2) is 0 Å². The number of amides is 1. The molecule has 3 rings (SSSR count). The Bertz CT molecular complexity index is 633. The van der Waals surface area contributed by atoms with Gasteiger partial charge in [-0.2, -0.15) is 0 Å². The predicted molar refractivity (Wildman–Crippen MR) is 80.6 cm³/mol. The fraction of sp³-hybridized carbons (Fsp3) is 0.375. The normalized spacial score (nSPS) is 15.7. The molecule has 0 atom stereocenters. The van der Waals surface area contributed by atoms with E-state index in [1.165, 1.54) is 32.9 Å². The SMILES string of the molecule is CC(=O)Nc1ccc2nc(CN3CCCC3)ccc2c1. The quantitative estimate of drug-likeness (QED) is 0.932. The lowest BCUT2D eigenvalue weighted by atomic mass is 10.1. The van der Waals surface area contributed by atoms with Crippen molar-refractivity contribution in [3.05, 3.63) is 36.0 Å². The number of hydrogen-bond acceptors (Lipinski definition) is 3. The molecular weight excluding hydrogens is 250 g/mol. The highest BCUT2D eigenvalue weighted by atomic mass is 16.1. The molecule has 0 saturated carbocycles. The maximum atomic E-state index is 11.1. The van der Waals surface area contributed by atoms with Gasteiger partial charge in [-0.25, -0.2) is 0 Å². The molecule has 1 aromatic heterocycles. The Hall–Kier alpha value is -1.94. The van der Waals surface area contributed by atoms with Crippen LogP contribution in [0.2, 0.25) is 0 Å². The van der Waals surface area contributed by atoms with Crippen molar-refractivity contribution in [3.63, 3.8) is 0 Å². The van der Waals surface area contributed by atoms with Gasteiger partial charge in [-0.1, -0.05) is 6.07 Å². The van der Waals surface area contributed by atoms with E-state index in [1.54, 1.807) is 0 Å². The summed E-state index contributed by atoms with van der Waals surface area (Å²) in [6.45, 7) is 4.81. The van der Waals surface area contributed by atoms with Gasteiger partial charge in [0.05, 0.1) is 11.2 Å². The second-order valence-corrected chi connectivity index (χ2v) is 5.37. The zero-order valence-electron chi connectivity index (χ0n) is 11.7. The Balaban J connectivity index is 1.82.